The summed E-state index contributed by atoms with van der Waals surface area (Å²) in [5.41, 5.74) is 1.09. The first-order chi connectivity index (χ1) is 12.9. The molecule has 0 aliphatic carbocycles. The number of hydrogen-bond donors (Lipinski definition) is 2. The Kier molecular flexibility index (Phi) is 7.31. The largest absolute Gasteiger partial charge is 0.493 e. The standard InChI is InChI=1S/C19H20ClNO6/c1-3-26-18-15(20)8-13(9-16(18)25-2)19(24)21-10-12-5-4-6-14(7-12)27-11-17(22)23/h4-9H,3,10-11H2,1-2H3,(H,21,24)(H,22,23). The van der Waals surface area contributed by atoms with Gasteiger partial charge in [0.15, 0.2) is 18.1 Å². The lowest BCUT2D eigenvalue weighted by Gasteiger charge is -2.13. The van der Waals surface area contributed by atoms with Crippen molar-refractivity contribution in [3.63, 3.8) is 0 Å². The molecule has 27 heavy (non-hydrogen) atoms. The van der Waals surface area contributed by atoms with E-state index in [2.05, 4.69) is 5.32 Å². The number of methoxy groups -OCH3 is 1. The van der Waals surface area contributed by atoms with Crippen molar-refractivity contribution in [3.05, 3.63) is 52.5 Å². The Hall–Kier alpha value is -2.93. The topological polar surface area (TPSA) is 94.1 Å². The van der Waals surface area contributed by atoms with E-state index in [0.29, 0.717) is 29.4 Å². The van der Waals surface area contributed by atoms with Crippen molar-refractivity contribution < 1.29 is 28.9 Å². The number of nitrogens with one attached hydrogen (secondary N) is 1. The van der Waals surface area contributed by atoms with Crippen LogP contribution in [0.25, 0.3) is 0 Å². The minimum atomic E-state index is -1.06. The van der Waals surface area contributed by atoms with E-state index in [0.717, 1.165) is 5.56 Å². The van der Waals surface area contributed by atoms with E-state index in [1.165, 1.54) is 13.2 Å². The molecular weight excluding hydrogens is 374 g/mol. The fourth-order valence-electron chi connectivity index (χ4n) is 2.31. The van der Waals surface area contributed by atoms with Gasteiger partial charge in [-0.05, 0) is 36.8 Å². The first-order valence-electron chi connectivity index (χ1n) is 8.16. The van der Waals surface area contributed by atoms with Crippen molar-refractivity contribution in [2.75, 3.05) is 20.3 Å². The first-order valence-corrected chi connectivity index (χ1v) is 8.54. The fraction of sp³-hybridized carbons (Fsp3) is 0.263. The zero-order chi connectivity index (χ0) is 19.8. The lowest BCUT2D eigenvalue weighted by Crippen LogP contribution is -2.23. The second-order valence-corrected chi connectivity index (χ2v) is 5.84. The highest BCUT2D eigenvalue weighted by molar-refractivity contribution is 6.32. The summed E-state index contributed by atoms with van der Waals surface area (Å²) < 4.78 is 15.8. The van der Waals surface area contributed by atoms with Gasteiger partial charge in [0.05, 0.1) is 18.7 Å². The van der Waals surface area contributed by atoms with Crippen LogP contribution in [0.4, 0.5) is 0 Å². The molecule has 1 amide bonds. The summed E-state index contributed by atoms with van der Waals surface area (Å²) in [5, 5.41) is 11.7. The van der Waals surface area contributed by atoms with Gasteiger partial charge in [-0.15, -0.1) is 0 Å². The van der Waals surface area contributed by atoms with Gasteiger partial charge in [0.1, 0.15) is 5.75 Å². The van der Waals surface area contributed by atoms with Crippen molar-refractivity contribution >= 4 is 23.5 Å². The Bertz CT molecular complexity index is 824. The Balaban J connectivity index is 2.06. The van der Waals surface area contributed by atoms with Crippen LogP contribution in [0.3, 0.4) is 0 Å². The maximum Gasteiger partial charge on any atom is 0.341 e. The van der Waals surface area contributed by atoms with Crippen LogP contribution in [0.15, 0.2) is 36.4 Å². The van der Waals surface area contributed by atoms with E-state index in [9.17, 15) is 9.59 Å². The molecule has 0 fully saturated rings. The predicted molar refractivity (Wildman–Crippen MR) is 99.9 cm³/mol. The lowest BCUT2D eigenvalue weighted by molar-refractivity contribution is -0.139. The summed E-state index contributed by atoms with van der Waals surface area (Å²) in [6, 6.07) is 9.88. The highest BCUT2D eigenvalue weighted by Gasteiger charge is 2.15. The summed E-state index contributed by atoms with van der Waals surface area (Å²) in [5.74, 6) is -0.222. The zero-order valence-corrected chi connectivity index (χ0v) is 15.7. The van der Waals surface area contributed by atoms with E-state index in [1.807, 2.05) is 6.92 Å². The SMILES string of the molecule is CCOc1c(Cl)cc(C(=O)NCc2cccc(OCC(=O)O)c2)cc1OC. The second kappa shape index (κ2) is 9.68. The third-order valence-electron chi connectivity index (χ3n) is 3.49. The molecule has 0 spiro atoms. The summed E-state index contributed by atoms with van der Waals surface area (Å²) in [7, 11) is 1.47. The molecule has 144 valence electrons. The van der Waals surface area contributed by atoms with Crippen LogP contribution in [0, 0.1) is 0 Å². The summed E-state index contributed by atoms with van der Waals surface area (Å²) in [4.78, 5) is 23.0. The van der Waals surface area contributed by atoms with Crippen LogP contribution < -0.4 is 19.5 Å². The number of halogens is 1. The van der Waals surface area contributed by atoms with E-state index in [1.54, 1.807) is 30.3 Å². The smallest absolute Gasteiger partial charge is 0.341 e. The van der Waals surface area contributed by atoms with Crippen LogP contribution in [0.2, 0.25) is 5.02 Å². The van der Waals surface area contributed by atoms with E-state index >= 15 is 0 Å². The molecular formula is C19H20ClNO6. The lowest BCUT2D eigenvalue weighted by atomic mass is 10.1. The minimum Gasteiger partial charge on any atom is -0.493 e. The van der Waals surface area contributed by atoms with Crippen LogP contribution in [0.1, 0.15) is 22.8 Å². The third kappa shape index (κ3) is 5.79. The van der Waals surface area contributed by atoms with Crippen LogP contribution in [-0.2, 0) is 11.3 Å². The molecule has 0 heterocycles. The van der Waals surface area contributed by atoms with E-state index in [4.69, 9.17) is 30.9 Å². The number of carbonyl (C=O) groups is 2. The van der Waals surface area contributed by atoms with Gasteiger partial charge in [0, 0.05) is 12.1 Å². The molecule has 2 aromatic carbocycles. The Morgan fingerprint density at radius 1 is 1.19 bits per heavy atom. The molecule has 0 aromatic heterocycles. The minimum absolute atomic E-state index is 0.232. The van der Waals surface area contributed by atoms with Gasteiger partial charge in [-0.1, -0.05) is 23.7 Å². The van der Waals surface area contributed by atoms with Crippen LogP contribution >= 0.6 is 11.6 Å². The van der Waals surface area contributed by atoms with Crippen molar-refractivity contribution in [2.45, 2.75) is 13.5 Å². The Morgan fingerprint density at radius 2 is 1.96 bits per heavy atom. The molecule has 0 radical (unpaired) electrons. The quantitative estimate of drug-likeness (QED) is 0.679. The average molecular weight is 394 g/mol. The fourth-order valence-corrected chi connectivity index (χ4v) is 2.58. The van der Waals surface area contributed by atoms with Crippen molar-refractivity contribution in [3.8, 4) is 17.2 Å². The maximum atomic E-state index is 12.4. The molecule has 2 N–H and O–H groups in total. The summed E-state index contributed by atoms with van der Waals surface area (Å²) in [6.45, 7) is 2.04. The predicted octanol–water partition coefficient (Wildman–Crippen LogP) is 3.14. The number of benzene rings is 2. The monoisotopic (exact) mass is 393 g/mol. The molecule has 2 rings (SSSR count). The van der Waals surface area contributed by atoms with Crippen molar-refractivity contribution in [1.29, 1.82) is 0 Å². The molecule has 0 bridgehead atoms. The van der Waals surface area contributed by atoms with Crippen LogP contribution in [-0.4, -0.2) is 37.3 Å². The van der Waals surface area contributed by atoms with E-state index in [-0.39, 0.29) is 17.5 Å². The molecule has 0 aliphatic heterocycles. The highest BCUT2D eigenvalue weighted by atomic mass is 35.5. The summed E-state index contributed by atoms with van der Waals surface area (Å²) in [6.07, 6.45) is 0. The number of rotatable bonds is 9. The van der Waals surface area contributed by atoms with Crippen LogP contribution in [0.5, 0.6) is 17.2 Å². The van der Waals surface area contributed by atoms with Gasteiger partial charge in [0.25, 0.3) is 5.91 Å². The molecule has 0 saturated carbocycles. The number of aliphatic carboxylic acids is 1. The maximum absolute atomic E-state index is 12.4. The van der Waals surface area contributed by atoms with Gasteiger partial charge in [0.2, 0.25) is 0 Å². The van der Waals surface area contributed by atoms with Gasteiger partial charge < -0.3 is 24.6 Å². The number of ether oxygens (including phenoxy) is 3. The van der Waals surface area contributed by atoms with Gasteiger partial charge >= 0.3 is 5.97 Å². The van der Waals surface area contributed by atoms with E-state index < -0.39 is 12.6 Å². The molecule has 2 aromatic rings. The average Bonchev–Trinajstić information content (AvgIpc) is 2.66. The zero-order valence-electron chi connectivity index (χ0n) is 15.0. The Labute approximate surface area is 161 Å². The number of carboxylic acids is 1. The van der Waals surface area contributed by atoms with Crippen molar-refractivity contribution in [1.82, 2.24) is 5.32 Å². The van der Waals surface area contributed by atoms with Crippen molar-refractivity contribution in [2.24, 2.45) is 0 Å². The normalized spacial score (nSPS) is 10.2. The number of carboxylic acid groups (broad SMARTS) is 1. The number of hydrogen-bond acceptors (Lipinski definition) is 5. The van der Waals surface area contributed by atoms with Gasteiger partial charge in [-0.3, -0.25) is 4.79 Å². The number of carbonyl (C=O) groups excluding carboxylic acids is 1. The number of amides is 1. The molecule has 8 heteroatoms. The first kappa shape index (κ1) is 20.4. The molecule has 0 unspecified atom stereocenters. The third-order valence-corrected chi connectivity index (χ3v) is 3.77. The molecule has 0 aliphatic rings. The Morgan fingerprint density at radius 3 is 2.63 bits per heavy atom. The van der Waals surface area contributed by atoms with Gasteiger partial charge in [-0.25, -0.2) is 4.79 Å². The highest BCUT2D eigenvalue weighted by Crippen LogP contribution is 2.36. The molecule has 0 atom stereocenters. The summed E-state index contributed by atoms with van der Waals surface area (Å²) >= 11 is 6.18. The molecule has 0 saturated heterocycles. The molecule has 7 nitrogen and oxygen atoms in total. The second-order valence-electron chi connectivity index (χ2n) is 5.43. The van der Waals surface area contributed by atoms with Gasteiger partial charge in [-0.2, -0.15) is 0 Å².